The molecule has 0 bridgehead atoms. The van der Waals surface area contributed by atoms with Gasteiger partial charge < -0.3 is 24.8 Å². The second-order valence-electron chi connectivity index (χ2n) is 18.3. The van der Waals surface area contributed by atoms with Crippen molar-refractivity contribution in [2.75, 3.05) is 0 Å². The van der Waals surface area contributed by atoms with Gasteiger partial charge in [0.05, 0.1) is 35.2 Å². The Morgan fingerprint density at radius 3 is 2.14 bits per heavy atom. The lowest BCUT2D eigenvalue weighted by molar-refractivity contribution is -0.281. The minimum Gasteiger partial charge on any atom is -0.481 e. The number of ether oxygens (including phenoxy) is 2. The maximum Gasteiger partial charge on any atom is 0.309 e. The van der Waals surface area contributed by atoms with Crippen molar-refractivity contribution in [3.8, 4) is 0 Å². The van der Waals surface area contributed by atoms with E-state index in [1.54, 1.807) is 13.8 Å². The van der Waals surface area contributed by atoms with Crippen LogP contribution in [0.25, 0.3) is 0 Å². The number of esters is 1. The molecule has 5 aliphatic rings. The van der Waals surface area contributed by atoms with Gasteiger partial charge in [-0.25, -0.2) is 0 Å². The SMILES string of the molecule is CC1(C)CCC[C@](C)([C@H]2CC[C@]3(C)[C@@H]2[C@H](O)C[C@@H]2[C@@]4(C)CC[C@H](OC(=O)CC(C)(C)C(=O)O)C(C)(C)[C@@H]4[C@@H](O)C[C@]23C)O1. The van der Waals surface area contributed by atoms with Gasteiger partial charge in [0.2, 0.25) is 0 Å². The number of hydrogen-bond acceptors (Lipinski definition) is 6. The van der Waals surface area contributed by atoms with Crippen molar-refractivity contribution in [2.45, 2.75) is 163 Å². The zero-order chi connectivity index (χ0) is 32.2. The molecule has 1 heterocycles. The predicted octanol–water partition coefficient (Wildman–Crippen LogP) is 6.76. The molecule has 11 atom stereocenters. The number of carboxylic acids is 1. The number of rotatable bonds is 5. The van der Waals surface area contributed by atoms with Crippen molar-refractivity contribution in [3.63, 3.8) is 0 Å². The Hall–Kier alpha value is -1.18. The van der Waals surface area contributed by atoms with Crippen LogP contribution >= 0.6 is 0 Å². The Labute approximate surface area is 259 Å². The van der Waals surface area contributed by atoms with E-state index in [-0.39, 0.29) is 57.5 Å². The Morgan fingerprint density at radius 2 is 1.53 bits per heavy atom. The smallest absolute Gasteiger partial charge is 0.309 e. The minimum absolute atomic E-state index is 0.110. The summed E-state index contributed by atoms with van der Waals surface area (Å²) in [5, 5.41) is 33.8. The molecule has 1 saturated heterocycles. The molecular weight excluding hydrogens is 544 g/mol. The summed E-state index contributed by atoms with van der Waals surface area (Å²) in [5.41, 5.74) is -2.63. The van der Waals surface area contributed by atoms with Crippen LogP contribution in [0.2, 0.25) is 0 Å². The standard InChI is InChI=1S/C36H60O7/c1-30(2,29(40)41)20-26(39)42-25-13-16-33(7)24-18-22(37)27-21(36(10)15-11-14-31(3,4)43-36)12-17-34(27,8)35(24,9)19-23(38)28(33)32(25,5)6/h21-25,27-28,37-38H,11-20H2,1-10H3,(H,40,41)/t21-,22+,23-,24+,25-,27-,28-,33+,34+,35+,36+/m0/s1. The topological polar surface area (TPSA) is 113 Å². The normalized spacial score (nSPS) is 48.9. The summed E-state index contributed by atoms with van der Waals surface area (Å²) in [6.07, 6.45) is 6.58. The quantitative estimate of drug-likeness (QED) is 0.297. The van der Waals surface area contributed by atoms with E-state index in [0.717, 1.165) is 44.9 Å². The largest absolute Gasteiger partial charge is 0.481 e. The van der Waals surface area contributed by atoms with Crippen molar-refractivity contribution in [1.29, 1.82) is 0 Å². The van der Waals surface area contributed by atoms with Crippen LogP contribution in [0.15, 0.2) is 0 Å². The number of aliphatic carboxylic acids is 1. The summed E-state index contributed by atoms with van der Waals surface area (Å²) >= 11 is 0. The van der Waals surface area contributed by atoms with E-state index in [1.165, 1.54) is 0 Å². The molecule has 0 aromatic carbocycles. The maximum atomic E-state index is 13.0. The number of aliphatic hydroxyl groups is 2. The molecule has 3 N–H and O–H groups in total. The Balaban J connectivity index is 1.43. The molecule has 5 fully saturated rings. The summed E-state index contributed by atoms with van der Waals surface area (Å²) < 4.78 is 12.9. The van der Waals surface area contributed by atoms with Gasteiger partial charge in [0, 0.05) is 5.41 Å². The van der Waals surface area contributed by atoms with Gasteiger partial charge in [-0.3, -0.25) is 9.59 Å². The highest BCUT2D eigenvalue weighted by molar-refractivity contribution is 5.81. The van der Waals surface area contributed by atoms with Crippen LogP contribution in [-0.4, -0.2) is 56.8 Å². The Bertz CT molecular complexity index is 1130. The van der Waals surface area contributed by atoms with E-state index in [1.807, 2.05) is 0 Å². The highest BCUT2D eigenvalue weighted by atomic mass is 16.5. The Morgan fingerprint density at radius 1 is 0.884 bits per heavy atom. The van der Waals surface area contributed by atoms with Crippen molar-refractivity contribution in [1.82, 2.24) is 0 Å². The summed E-state index contributed by atoms with van der Waals surface area (Å²) in [7, 11) is 0. The van der Waals surface area contributed by atoms with Gasteiger partial charge in [0.25, 0.3) is 0 Å². The van der Waals surface area contributed by atoms with E-state index in [9.17, 15) is 24.9 Å². The highest BCUT2D eigenvalue weighted by Crippen LogP contribution is 2.76. The number of hydrogen-bond donors (Lipinski definition) is 3. The lowest BCUT2D eigenvalue weighted by Crippen LogP contribution is -2.70. The van der Waals surface area contributed by atoms with Crippen molar-refractivity contribution < 1.29 is 34.4 Å². The van der Waals surface area contributed by atoms with Gasteiger partial charge in [0.1, 0.15) is 6.10 Å². The van der Waals surface area contributed by atoms with Crippen molar-refractivity contribution in [3.05, 3.63) is 0 Å². The van der Waals surface area contributed by atoms with E-state index >= 15 is 0 Å². The van der Waals surface area contributed by atoms with E-state index in [2.05, 4.69) is 55.4 Å². The summed E-state index contributed by atoms with van der Waals surface area (Å²) in [6, 6.07) is 0. The van der Waals surface area contributed by atoms with Gasteiger partial charge >= 0.3 is 11.9 Å². The first-order chi connectivity index (χ1) is 19.5. The summed E-state index contributed by atoms with van der Waals surface area (Å²) in [6.45, 7) is 21.1. The number of aliphatic hydroxyl groups excluding tert-OH is 2. The molecule has 0 aromatic heterocycles. The van der Waals surface area contributed by atoms with Crippen LogP contribution in [0.1, 0.15) is 133 Å². The third-order valence-corrected chi connectivity index (χ3v) is 14.4. The average molecular weight is 605 g/mol. The first kappa shape index (κ1) is 33.2. The second-order valence-corrected chi connectivity index (χ2v) is 18.3. The van der Waals surface area contributed by atoms with Crippen LogP contribution < -0.4 is 0 Å². The fourth-order valence-corrected chi connectivity index (χ4v) is 12.3. The molecule has 246 valence electrons. The zero-order valence-electron chi connectivity index (χ0n) is 28.6. The van der Waals surface area contributed by atoms with E-state index in [4.69, 9.17) is 9.47 Å². The maximum absolute atomic E-state index is 13.0. The molecule has 0 unspecified atom stereocenters. The minimum atomic E-state index is -1.20. The molecule has 1 aliphatic heterocycles. The van der Waals surface area contributed by atoms with Crippen LogP contribution in [0.5, 0.6) is 0 Å². The molecule has 0 spiro atoms. The highest BCUT2D eigenvalue weighted by Gasteiger charge is 2.73. The molecule has 7 heteroatoms. The number of carbonyl (C=O) groups is 2. The lowest BCUT2D eigenvalue weighted by Gasteiger charge is -2.71. The third kappa shape index (κ3) is 4.92. The average Bonchev–Trinajstić information content (AvgIpc) is 3.22. The van der Waals surface area contributed by atoms with Gasteiger partial charge in [0.15, 0.2) is 0 Å². The number of fused-ring (bicyclic) bond motifs is 5. The molecule has 0 radical (unpaired) electrons. The fourth-order valence-electron chi connectivity index (χ4n) is 12.3. The van der Waals surface area contributed by atoms with Crippen LogP contribution in [0, 0.1) is 50.7 Å². The van der Waals surface area contributed by atoms with Crippen LogP contribution in [-0.2, 0) is 19.1 Å². The molecule has 4 saturated carbocycles. The number of carboxylic acid groups (broad SMARTS) is 1. The zero-order valence-corrected chi connectivity index (χ0v) is 28.6. The van der Waals surface area contributed by atoms with E-state index < -0.39 is 41.1 Å². The fraction of sp³-hybridized carbons (Fsp3) is 0.944. The summed E-state index contributed by atoms with van der Waals surface area (Å²) in [4.78, 5) is 24.6. The second kappa shape index (κ2) is 10.2. The molecule has 5 rings (SSSR count). The predicted molar refractivity (Wildman–Crippen MR) is 165 cm³/mol. The molecule has 7 nitrogen and oxygen atoms in total. The van der Waals surface area contributed by atoms with Crippen LogP contribution in [0.4, 0.5) is 0 Å². The molecule has 4 aliphatic carbocycles. The first-order valence-corrected chi connectivity index (χ1v) is 17.0. The Kier molecular flexibility index (Phi) is 7.84. The van der Waals surface area contributed by atoms with Gasteiger partial charge in [-0.05, 0) is 132 Å². The van der Waals surface area contributed by atoms with Crippen molar-refractivity contribution in [2.24, 2.45) is 50.7 Å². The molecular formula is C36H60O7. The third-order valence-electron chi connectivity index (χ3n) is 14.4. The first-order valence-electron chi connectivity index (χ1n) is 17.0. The van der Waals surface area contributed by atoms with Gasteiger partial charge in [-0.15, -0.1) is 0 Å². The monoisotopic (exact) mass is 604 g/mol. The molecule has 43 heavy (non-hydrogen) atoms. The molecule has 0 aromatic rings. The van der Waals surface area contributed by atoms with Crippen LogP contribution in [0.3, 0.4) is 0 Å². The molecule has 0 amide bonds. The lowest BCUT2D eigenvalue weighted by atomic mass is 9.34. The summed E-state index contributed by atoms with van der Waals surface area (Å²) in [5.74, 6) is -0.988. The van der Waals surface area contributed by atoms with Crippen molar-refractivity contribution >= 4 is 11.9 Å². The number of carbonyl (C=O) groups excluding carboxylic acids is 1. The van der Waals surface area contributed by atoms with Gasteiger partial charge in [-0.1, -0.05) is 34.6 Å². The van der Waals surface area contributed by atoms with Gasteiger partial charge in [-0.2, -0.15) is 0 Å². The van der Waals surface area contributed by atoms with E-state index in [0.29, 0.717) is 12.8 Å².